The molecule has 0 spiro atoms. The number of anilines is 1. The third-order valence-corrected chi connectivity index (χ3v) is 4.82. The lowest BCUT2D eigenvalue weighted by atomic mass is 10.1. The average Bonchev–Trinajstić information content (AvgIpc) is 3.20. The van der Waals surface area contributed by atoms with Crippen molar-refractivity contribution in [3.05, 3.63) is 46.4 Å². The van der Waals surface area contributed by atoms with E-state index in [1.54, 1.807) is 18.5 Å². The van der Waals surface area contributed by atoms with E-state index in [0.717, 1.165) is 23.6 Å². The molecule has 2 aliphatic rings. The predicted molar refractivity (Wildman–Crippen MR) is 87.5 cm³/mol. The van der Waals surface area contributed by atoms with Gasteiger partial charge in [0.15, 0.2) is 0 Å². The van der Waals surface area contributed by atoms with Gasteiger partial charge in [0.05, 0.1) is 35.8 Å². The Morgan fingerprint density at radius 2 is 2.13 bits per heavy atom. The minimum atomic E-state index is -0.315. The lowest BCUT2D eigenvalue weighted by Gasteiger charge is -2.20. The van der Waals surface area contributed by atoms with E-state index in [0.29, 0.717) is 28.1 Å². The van der Waals surface area contributed by atoms with Gasteiger partial charge < -0.3 is 4.90 Å². The van der Waals surface area contributed by atoms with Crippen molar-refractivity contribution in [3.8, 4) is 11.3 Å². The molecule has 4 heterocycles. The molecule has 0 unspecified atom stereocenters. The van der Waals surface area contributed by atoms with Crippen LogP contribution in [0, 0.1) is 5.82 Å². The van der Waals surface area contributed by atoms with Gasteiger partial charge in [0.2, 0.25) is 0 Å². The van der Waals surface area contributed by atoms with Gasteiger partial charge in [0, 0.05) is 11.0 Å². The van der Waals surface area contributed by atoms with Crippen molar-refractivity contribution in [1.29, 1.82) is 0 Å². The van der Waals surface area contributed by atoms with Crippen molar-refractivity contribution in [1.82, 2.24) is 20.0 Å². The Hall–Kier alpha value is -2.48. The summed E-state index contributed by atoms with van der Waals surface area (Å²) in [5, 5.41) is 11.5. The van der Waals surface area contributed by atoms with Crippen LogP contribution in [0.1, 0.15) is 5.56 Å². The summed E-state index contributed by atoms with van der Waals surface area (Å²) in [5.41, 5.74) is 2.87. The van der Waals surface area contributed by atoms with E-state index in [-0.39, 0.29) is 5.82 Å². The molecule has 1 aromatic carbocycles. The minimum absolute atomic E-state index is 0.315. The number of fused-ring (bicyclic) bond motifs is 2. The zero-order valence-electron chi connectivity index (χ0n) is 11.8. The van der Waals surface area contributed by atoms with Crippen LogP contribution in [0.5, 0.6) is 0 Å². The fourth-order valence-electron chi connectivity index (χ4n) is 3.15. The number of nitrogens with one attached hydrogen (secondary N) is 1. The summed E-state index contributed by atoms with van der Waals surface area (Å²) in [6.45, 7) is 1.44. The molecule has 0 atom stereocenters. The maximum atomic E-state index is 14.5. The first-order valence-electron chi connectivity index (χ1n) is 7.14. The predicted octanol–water partition coefficient (Wildman–Crippen LogP) is 3.09. The molecule has 2 aromatic heterocycles. The summed E-state index contributed by atoms with van der Waals surface area (Å²) in [7, 11) is 0. The Kier molecular flexibility index (Phi) is 2.55. The first-order chi connectivity index (χ1) is 11.2. The first-order valence-corrected chi connectivity index (χ1v) is 7.93. The van der Waals surface area contributed by atoms with Crippen molar-refractivity contribution in [3.63, 3.8) is 0 Å². The van der Waals surface area contributed by atoms with Crippen LogP contribution in [0.2, 0.25) is 0 Å². The number of aromatic nitrogens is 4. The van der Waals surface area contributed by atoms with Crippen LogP contribution in [0.4, 0.5) is 15.9 Å². The zero-order chi connectivity index (χ0) is 15.6. The number of H-pyrrole nitrogens is 1. The van der Waals surface area contributed by atoms with Crippen LogP contribution in [0.3, 0.4) is 0 Å². The smallest absolute Gasteiger partial charge is 0.146 e. The molecule has 0 amide bonds. The van der Waals surface area contributed by atoms with Crippen molar-refractivity contribution < 1.29 is 4.39 Å². The average molecular weight is 373 g/mol. The summed E-state index contributed by atoms with van der Waals surface area (Å²) in [6.07, 6.45) is 3.45. The second-order valence-electron chi connectivity index (χ2n) is 5.42. The van der Waals surface area contributed by atoms with E-state index in [4.69, 9.17) is 4.99 Å². The number of rotatable bonds is 1. The highest BCUT2D eigenvalue weighted by Gasteiger charge is 2.34. The highest BCUT2D eigenvalue weighted by Crippen LogP contribution is 2.42. The minimum Gasteiger partial charge on any atom is -0.308 e. The van der Waals surface area contributed by atoms with Crippen LogP contribution in [0.15, 0.2) is 40.1 Å². The third kappa shape index (κ3) is 1.69. The SMILES string of the molecule is Fc1cccc(Br)c1C1=Nc2cn[nH]c2-c2cnn3c2N1CC3. The molecule has 1 N–H and O–H groups in total. The standard InChI is InChI=1S/C15H10BrFN6/c16-9-2-1-3-10(17)12(9)14-20-11-7-18-21-13(11)8-6-19-23-5-4-22(14)15(8)23/h1-3,6-7H,4-5H2,(H,18,21). The number of aromatic amines is 1. The Morgan fingerprint density at radius 3 is 3.00 bits per heavy atom. The monoisotopic (exact) mass is 372 g/mol. The number of hydrogen-bond acceptors (Lipinski definition) is 4. The number of benzene rings is 1. The quantitative estimate of drug-likeness (QED) is 0.713. The van der Waals surface area contributed by atoms with Gasteiger partial charge in [0.25, 0.3) is 0 Å². The molecule has 5 rings (SSSR count). The molecule has 8 heteroatoms. The van der Waals surface area contributed by atoms with Gasteiger partial charge in [0.1, 0.15) is 23.2 Å². The second kappa shape index (κ2) is 4.51. The van der Waals surface area contributed by atoms with Gasteiger partial charge >= 0.3 is 0 Å². The van der Waals surface area contributed by atoms with Crippen molar-refractivity contribution >= 4 is 33.3 Å². The topological polar surface area (TPSA) is 62.1 Å². The Bertz CT molecular complexity index is 952. The Balaban J connectivity index is 1.84. The summed E-state index contributed by atoms with van der Waals surface area (Å²) in [5.74, 6) is 1.17. The van der Waals surface area contributed by atoms with E-state index in [1.807, 2.05) is 15.6 Å². The second-order valence-corrected chi connectivity index (χ2v) is 6.27. The lowest BCUT2D eigenvalue weighted by molar-refractivity contribution is 0.623. The van der Waals surface area contributed by atoms with Crippen molar-refractivity contribution in [2.75, 3.05) is 11.4 Å². The molecule has 0 saturated carbocycles. The molecule has 23 heavy (non-hydrogen) atoms. The van der Waals surface area contributed by atoms with Crippen LogP contribution < -0.4 is 4.90 Å². The van der Waals surface area contributed by atoms with Gasteiger partial charge in [-0.2, -0.15) is 10.2 Å². The highest BCUT2D eigenvalue weighted by molar-refractivity contribution is 9.10. The molecule has 0 radical (unpaired) electrons. The van der Waals surface area contributed by atoms with Crippen molar-refractivity contribution in [2.45, 2.75) is 6.54 Å². The summed E-state index contributed by atoms with van der Waals surface area (Å²) in [6, 6.07) is 4.93. The van der Waals surface area contributed by atoms with Gasteiger partial charge in [-0.1, -0.05) is 6.07 Å². The fraction of sp³-hybridized carbons (Fsp3) is 0.133. The summed E-state index contributed by atoms with van der Waals surface area (Å²) < 4.78 is 17.1. The lowest BCUT2D eigenvalue weighted by Crippen LogP contribution is -2.30. The first kappa shape index (κ1) is 13.0. The Labute approximate surface area is 138 Å². The summed E-state index contributed by atoms with van der Waals surface area (Å²) in [4.78, 5) is 6.71. The molecule has 3 aromatic rings. The molecular formula is C15H10BrFN6. The van der Waals surface area contributed by atoms with Crippen LogP contribution >= 0.6 is 15.9 Å². The van der Waals surface area contributed by atoms with Gasteiger partial charge in [-0.3, -0.25) is 5.10 Å². The molecule has 114 valence electrons. The number of halogens is 2. The molecule has 0 aliphatic carbocycles. The van der Waals surface area contributed by atoms with Gasteiger partial charge in [-0.15, -0.1) is 0 Å². The van der Waals surface area contributed by atoms with E-state index >= 15 is 0 Å². The van der Waals surface area contributed by atoms with Crippen LogP contribution in [-0.2, 0) is 6.54 Å². The fourth-order valence-corrected chi connectivity index (χ4v) is 3.67. The van der Waals surface area contributed by atoms with Crippen LogP contribution in [0.25, 0.3) is 11.3 Å². The summed E-state index contributed by atoms with van der Waals surface area (Å²) >= 11 is 3.45. The maximum Gasteiger partial charge on any atom is 0.146 e. The molecule has 6 nitrogen and oxygen atoms in total. The molecular weight excluding hydrogens is 363 g/mol. The largest absolute Gasteiger partial charge is 0.308 e. The highest BCUT2D eigenvalue weighted by atomic mass is 79.9. The molecule has 0 saturated heterocycles. The number of nitrogens with zero attached hydrogens (tertiary/aromatic N) is 5. The Morgan fingerprint density at radius 1 is 1.22 bits per heavy atom. The van der Waals surface area contributed by atoms with E-state index in [1.165, 1.54) is 6.07 Å². The maximum absolute atomic E-state index is 14.5. The molecule has 0 fully saturated rings. The molecule has 0 bridgehead atoms. The number of hydrogen-bond donors (Lipinski definition) is 1. The zero-order valence-corrected chi connectivity index (χ0v) is 13.4. The molecule has 2 aliphatic heterocycles. The number of aliphatic imine (C=N–C) groups is 1. The number of amidine groups is 1. The van der Waals surface area contributed by atoms with Gasteiger partial charge in [-0.25, -0.2) is 14.1 Å². The van der Waals surface area contributed by atoms with Crippen molar-refractivity contribution in [2.24, 2.45) is 4.99 Å². The van der Waals surface area contributed by atoms with Crippen LogP contribution in [-0.4, -0.2) is 32.4 Å². The van der Waals surface area contributed by atoms with Gasteiger partial charge in [-0.05, 0) is 28.1 Å². The van der Waals surface area contributed by atoms with E-state index in [9.17, 15) is 4.39 Å². The van der Waals surface area contributed by atoms with E-state index in [2.05, 4.69) is 31.2 Å². The third-order valence-electron chi connectivity index (χ3n) is 4.16. The van der Waals surface area contributed by atoms with E-state index < -0.39 is 0 Å². The normalized spacial score (nSPS) is 15.2.